The van der Waals surface area contributed by atoms with E-state index in [1.54, 1.807) is 14.2 Å². The molecular formula is C17H27NO3. The molecule has 1 aromatic rings. The molecule has 0 aromatic heterocycles. The Kier molecular flexibility index (Phi) is 6.33. The van der Waals surface area contributed by atoms with E-state index in [1.807, 2.05) is 12.1 Å². The average Bonchev–Trinajstić information content (AvgIpc) is 3.03. The highest BCUT2D eigenvalue weighted by molar-refractivity contribution is 5.42. The molecule has 0 bridgehead atoms. The van der Waals surface area contributed by atoms with Gasteiger partial charge in [-0.25, -0.2) is 0 Å². The Morgan fingerprint density at radius 1 is 1.33 bits per heavy atom. The summed E-state index contributed by atoms with van der Waals surface area (Å²) < 4.78 is 16.6. The summed E-state index contributed by atoms with van der Waals surface area (Å²) in [4.78, 5) is 0. The summed E-state index contributed by atoms with van der Waals surface area (Å²) in [6.45, 7) is 4.07. The zero-order valence-corrected chi connectivity index (χ0v) is 13.4. The summed E-state index contributed by atoms with van der Waals surface area (Å²) in [7, 11) is 3.38. The van der Waals surface area contributed by atoms with Crippen LogP contribution in [0, 0.1) is 0 Å². The fraction of sp³-hybridized carbons (Fsp3) is 0.647. The highest BCUT2D eigenvalue weighted by Crippen LogP contribution is 2.33. The number of nitrogens with one attached hydrogen (secondary N) is 1. The van der Waals surface area contributed by atoms with Crippen LogP contribution in [-0.4, -0.2) is 33.5 Å². The molecule has 2 unspecified atom stereocenters. The van der Waals surface area contributed by atoms with Crippen LogP contribution in [0.4, 0.5) is 0 Å². The number of methoxy groups -OCH3 is 2. The van der Waals surface area contributed by atoms with Crippen molar-refractivity contribution in [3.63, 3.8) is 0 Å². The topological polar surface area (TPSA) is 39.7 Å². The van der Waals surface area contributed by atoms with Crippen LogP contribution in [0.25, 0.3) is 0 Å². The molecule has 0 saturated carbocycles. The molecule has 4 heteroatoms. The number of benzene rings is 1. The summed E-state index contributed by atoms with van der Waals surface area (Å²) in [5.74, 6) is 1.70. The Bertz CT molecular complexity index is 430. The van der Waals surface area contributed by atoms with Gasteiger partial charge in [0.1, 0.15) is 11.5 Å². The van der Waals surface area contributed by atoms with Gasteiger partial charge in [-0.05, 0) is 38.3 Å². The molecule has 1 aromatic carbocycles. The fourth-order valence-corrected chi connectivity index (χ4v) is 2.84. The highest BCUT2D eigenvalue weighted by atomic mass is 16.5. The van der Waals surface area contributed by atoms with Crippen LogP contribution in [-0.2, 0) is 4.74 Å². The minimum atomic E-state index is 0.258. The van der Waals surface area contributed by atoms with Crippen LogP contribution in [0.2, 0.25) is 0 Å². The van der Waals surface area contributed by atoms with E-state index in [0.717, 1.165) is 43.9 Å². The SMILES string of the molecule is CCCNC(CC1CCCO1)c1ccc(OC)cc1OC. The van der Waals surface area contributed by atoms with Gasteiger partial charge in [-0.2, -0.15) is 0 Å². The van der Waals surface area contributed by atoms with E-state index in [4.69, 9.17) is 14.2 Å². The Labute approximate surface area is 127 Å². The van der Waals surface area contributed by atoms with Gasteiger partial charge in [0.25, 0.3) is 0 Å². The first kappa shape index (κ1) is 16.1. The molecule has 4 nitrogen and oxygen atoms in total. The van der Waals surface area contributed by atoms with Crippen molar-refractivity contribution in [2.24, 2.45) is 0 Å². The van der Waals surface area contributed by atoms with E-state index in [2.05, 4.69) is 18.3 Å². The maximum atomic E-state index is 5.80. The minimum absolute atomic E-state index is 0.258. The van der Waals surface area contributed by atoms with Crippen molar-refractivity contribution >= 4 is 0 Å². The van der Waals surface area contributed by atoms with Crippen LogP contribution in [0.5, 0.6) is 11.5 Å². The smallest absolute Gasteiger partial charge is 0.127 e. The summed E-state index contributed by atoms with van der Waals surface area (Å²) in [6, 6.07) is 6.30. The second kappa shape index (κ2) is 8.25. The van der Waals surface area contributed by atoms with E-state index in [-0.39, 0.29) is 6.04 Å². The predicted molar refractivity (Wildman–Crippen MR) is 84.2 cm³/mol. The van der Waals surface area contributed by atoms with Gasteiger partial charge in [0.15, 0.2) is 0 Å². The lowest BCUT2D eigenvalue weighted by molar-refractivity contribution is 0.0943. The molecule has 0 aliphatic carbocycles. The number of hydrogen-bond donors (Lipinski definition) is 1. The van der Waals surface area contributed by atoms with Crippen molar-refractivity contribution in [1.29, 1.82) is 0 Å². The Balaban J connectivity index is 2.17. The molecule has 21 heavy (non-hydrogen) atoms. The third kappa shape index (κ3) is 4.35. The first-order chi connectivity index (χ1) is 10.3. The molecule has 1 aliphatic rings. The van der Waals surface area contributed by atoms with Crippen LogP contribution in [0.15, 0.2) is 18.2 Å². The normalized spacial score (nSPS) is 19.5. The summed E-state index contributed by atoms with van der Waals surface area (Å²) >= 11 is 0. The lowest BCUT2D eigenvalue weighted by atomic mass is 9.98. The second-order valence-corrected chi connectivity index (χ2v) is 5.49. The first-order valence-corrected chi connectivity index (χ1v) is 7.85. The van der Waals surface area contributed by atoms with Crippen LogP contribution >= 0.6 is 0 Å². The van der Waals surface area contributed by atoms with E-state index in [9.17, 15) is 0 Å². The Hall–Kier alpha value is -1.26. The van der Waals surface area contributed by atoms with Crippen molar-refractivity contribution < 1.29 is 14.2 Å². The maximum absolute atomic E-state index is 5.80. The largest absolute Gasteiger partial charge is 0.497 e. The highest BCUT2D eigenvalue weighted by Gasteiger charge is 2.23. The molecule has 2 rings (SSSR count). The van der Waals surface area contributed by atoms with Gasteiger partial charge in [-0.3, -0.25) is 0 Å². The molecule has 0 radical (unpaired) electrons. The van der Waals surface area contributed by atoms with Crippen molar-refractivity contribution in [1.82, 2.24) is 5.32 Å². The van der Waals surface area contributed by atoms with Crippen molar-refractivity contribution in [2.75, 3.05) is 27.4 Å². The lowest BCUT2D eigenvalue weighted by Gasteiger charge is -2.24. The van der Waals surface area contributed by atoms with Crippen LogP contribution < -0.4 is 14.8 Å². The molecule has 2 atom stereocenters. The summed E-state index contributed by atoms with van der Waals surface area (Å²) in [6.07, 6.45) is 4.78. The third-order valence-corrected chi connectivity index (χ3v) is 3.98. The predicted octanol–water partition coefficient (Wildman–Crippen LogP) is 3.31. The van der Waals surface area contributed by atoms with E-state index < -0.39 is 0 Å². The van der Waals surface area contributed by atoms with Gasteiger partial charge in [0.2, 0.25) is 0 Å². The molecule has 0 spiro atoms. The zero-order valence-electron chi connectivity index (χ0n) is 13.4. The monoisotopic (exact) mass is 293 g/mol. The zero-order chi connectivity index (χ0) is 15.1. The lowest BCUT2D eigenvalue weighted by Crippen LogP contribution is -2.26. The van der Waals surface area contributed by atoms with Crippen molar-refractivity contribution in [3.8, 4) is 11.5 Å². The average molecular weight is 293 g/mol. The van der Waals surface area contributed by atoms with Crippen LogP contribution in [0.3, 0.4) is 0 Å². The molecule has 118 valence electrons. The number of rotatable bonds is 8. The quantitative estimate of drug-likeness (QED) is 0.798. The van der Waals surface area contributed by atoms with E-state index >= 15 is 0 Å². The standard InChI is InChI=1S/C17H27NO3/c1-4-9-18-16(11-14-6-5-10-21-14)15-8-7-13(19-2)12-17(15)20-3/h7-8,12,14,16,18H,4-6,9-11H2,1-3H3. The summed E-state index contributed by atoms with van der Waals surface area (Å²) in [5, 5.41) is 3.62. The Morgan fingerprint density at radius 3 is 2.81 bits per heavy atom. The van der Waals surface area contributed by atoms with Crippen LogP contribution in [0.1, 0.15) is 44.2 Å². The third-order valence-electron chi connectivity index (χ3n) is 3.98. The van der Waals surface area contributed by atoms with E-state index in [1.165, 1.54) is 12.0 Å². The minimum Gasteiger partial charge on any atom is -0.497 e. The molecule has 0 amide bonds. The molecule has 1 aliphatic heterocycles. The van der Waals surface area contributed by atoms with Gasteiger partial charge in [-0.15, -0.1) is 0 Å². The van der Waals surface area contributed by atoms with Gasteiger partial charge < -0.3 is 19.5 Å². The van der Waals surface area contributed by atoms with Crippen molar-refractivity contribution in [3.05, 3.63) is 23.8 Å². The molecule has 1 fully saturated rings. The molecule has 1 N–H and O–H groups in total. The van der Waals surface area contributed by atoms with E-state index in [0.29, 0.717) is 6.10 Å². The molecular weight excluding hydrogens is 266 g/mol. The fourth-order valence-electron chi connectivity index (χ4n) is 2.84. The first-order valence-electron chi connectivity index (χ1n) is 7.85. The second-order valence-electron chi connectivity index (χ2n) is 5.49. The molecule has 1 heterocycles. The summed E-state index contributed by atoms with van der Waals surface area (Å²) in [5.41, 5.74) is 1.18. The van der Waals surface area contributed by atoms with Gasteiger partial charge in [0.05, 0.1) is 20.3 Å². The Morgan fingerprint density at radius 2 is 2.19 bits per heavy atom. The molecule has 1 saturated heterocycles. The number of ether oxygens (including phenoxy) is 3. The van der Waals surface area contributed by atoms with Gasteiger partial charge in [-0.1, -0.05) is 13.0 Å². The van der Waals surface area contributed by atoms with Gasteiger partial charge in [0, 0.05) is 24.3 Å². The number of hydrogen-bond acceptors (Lipinski definition) is 4. The van der Waals surface area contributed by atoms with Gasteiger partial charge >= 0.3 is 0 Å². The van der Waals surface area contributed by atoms with Crippen molar-refractivity contribution in [2.45, 2.75) is 44.8 Å². The maximum Gasteiger partial charge on any atom is 0.127 e.